The highest BCUT2D eigenvalue weighted by Crippen LogP contribution is 2.41. The third kappa shape index (κ3) is 4.50. The summed E-state index contributed by atoms with van der Waals surface area (Å²) in [7, 11) is 0. The number of nitrogens with one attached hydrogen (secondary N) is 1. The van der Waals surface area contributed by atoms with Gasteiger partial charge in [0.1, 0.15) is 5.69 Å². The van der Waals surface area contributed by atoms with Crippen molar-refractivity contribution in [2.75, 3.05) is 13.1 Å². The highest BCUT2D eigenvalue weighted by atomic mass is 79.9. The Morgan fingerprint density at radius 1 is 1.28 bits per heavy atom. The van der Waals surface area contributed by atoms with Crippen LogP contribution in [0.2, 0.25) is 0 Å². The second kappa shape index (κ2) is 8.22. The van der Waals surface area contributed by atoms with Crippen LogP contribution in [0.4, 0.5) is 0 Å². The Kier molecular flexibility index (Phi) is 5.67. The van der Waals surface area contributed by atoms with E-state index in [2.05, 4.69) is 31.2 Å². The monoisotopic (exact) mass is 456 g/mol. The summed E-state index contributed by atoms with van der Waals surface area (Å²) in [6.45, 7) is 5.50. The number of carbonyl (C=O) groups excluding carboxylic acids is 2. The molecule has 6 nitrogen and oxygen atoms in total. The standard InChI is InChI=1S/C22H25BrN4O2/c1-13(2)8-20(28)27-7-3-4-15(12-27)16-9-19(16)26-22(29)18-6-5-14-10-24-11-17(23)21(14)25-18/h5-6,8,10-11,15-16,19H,3-4,7,9,12H2,1-2H3,(H,26,29). The minimum absolute atomic E-state index is 0.108. The summed E-state index contributed by atoms with van der Waals surface area (Å²) >= 11 is 3.44. The summed E-state index contributed by atoms with van der Waals surface area (Å²) in [4.78, 5) is 35.6. The van der Waals surface area contributed by atoms with Crippen LogP contribution in [0.3, 0.4) is 0 Å². The first-order chi connectivity index (χ1) is 13.9. The van der Waals surface area contributed by atoms with Gasteiger partial charge in [0.15, 0.2) is 0 Å². The molecule has 0 bridgehead atoms. The topological polar surface area (TPSA) is 75.2 Å². The molecule has 3 unspecified atom stereocenters. The molecule has 2 fully saturated rings. The van der Waals surface area contributed by atoms with Crippen LogP contribution in [0.25, 0.3) is 10.9 Å². The van der Waals surface area contributed by atoms with Crippen LogP contribution in [-0.2, 0) is 4.79 Å². The first kappa shape index (κ1) is 20.0. The van der Waals surface area contributed by atoms with Gasteiger partial charge in [-0.15, -0.1) is 0 Å². The summed E-state index contributed by atoms with van der Waals surface area (Å²) in [6, 6.07) is 3.78. The van der Waals surface area contributed by atoms with Crippen molar-refractivity contribution in [1.29, 1.82) is 0 Å². The predicted octanol–water partition coefficient (Wildman–Crippen LogP) is 3.72. The molecule has 4 rings (SSSR count). The van der Waals surface area contributed by atoms with Crippen LogP contribution in [0.15, 0.2) is 40.6 Å². The normalized spacial score (nSPS) is 23.6. The number of fused-ring (bicyclic) bond motifs is 1. The smallest absolute Gasteiger partial charge is 0.270 e. The van der Waals surface area contributed by atoms with Crippen molar-refractivity contribution < 1.29 is 9.59 Å². The number of nitrogens with zero attached hydrogens (tertiary/aromatic N) is 3. The number of halogens is 1. The lowest BCUT2D eigenvalue weighted by molar-refractivity contribution is -0.128. The Bertz CT molecular complexity index is 986. The number of piperidine rings is 1. The quantitative estimate of drug-likeness (QED) is 0.711. The highest BCUT2D eigenvalue weighted by Gasteiger charge is 2.45. The zero-order chi connectivity index (χ0) is 20.5. The Labute approximate surface area is 178 Å². The number of likely N-dealkylation sites (tertiary alicyclic amines) is 1. The molecule has 152 valence electrons. The van der Waals surface area contributed by atoms with E-state index in [1.54, 1.807) is 24.5 Å². The fraction of sp³-hybridized carbons (Fsp3) is 0.455. The molecule has 1 aliphatic carbocycles. The van der Waals surface area contributed by atoms with E-state index in [1.807, 2.05) is 24.8 Å². The molecule has 1 aliphatic heterocycles. The largest absolute Gasteiger partial charge is 0.348 e. The van der Waals surface area contributed by atoms with Gasteiger partial charge in [-0.05, 0) is 73.0 Å². The van der Waals surface area contributed by atoms with Gasteiger partial charge in [-0.25, -0.2) is 4.98 Å². The molecule has 3 atom stereocenters. The zero-order valence-electron chi connectivity index (χ0n) is 16.7. The van der Waals surface area contributed by atoms with E-state index in [9.17, 15) is 9.59 Å². The van der Waals surface area contributed by atoms with Gasteiger partial charge in [-0.3, -0.25) is 14.6 Å². The molecule has 29 heavy (non-hydrogen) atoms. The molecule has 1 saturated heterocycles. The number of carbonyl (C=O) groups is 2. The van der Waals surface area contributed by atoms with Crippen LogP contribution in [0.1, 0.15) is 43.6 Å². The minimum Gasteiger partial charge on any atom is -0.348 e. The number of pyridine rings is 2. The van der Waals surface area contributed by atoms with Crippen LogP contribution in [0.5, 0.6) is 0 Å². The van der Waals surface area contributed by atoms with E-state index in [4.69, 9.17) is 0 Å². The third-order valence-electron chi connectivity index (χ3n) is 5.73. The third-order valence-corrected chi connectivity index (χ3v) is 6.31. The van der Waals surface area contributed by atoms with Crippen LogP contribution in [-0.4, -0.2) is 45.8 Å². The molecule has 2 aromatic heterocycles. The maximum absolute atomic E-state index is 12.7. The molecule has 1 saturated carbocycles. The SMILES string of the molecule is CC(C)=CC(=O)N1CCCC(C2CC2NC(=O)c2ccc3cncc(Br)c3n2)C1. The van der Waals surface area contributed by atoms with Crippen LogP contribution in [0, 0.1) is 11.8 Å². The van der Waals surface area contributed by atoms with Crippen LogP contribution >= 0.6 is 15.9 Å². The van der Waals surface area contributed by atoms with E-state index in [1.165, 1.54) is 0 Å². The zero-order valence-corrected chi connectivity index (χ0v) is 18.3. The van der Waals surface area contributed by atoms with Gasteiger partial charge in [-0.1, -0.05) is 5.57 Å². The lowest BCUT2D eigenvalue weighted by Gasteiger charge is -2.32. The summed E-state index contributed by atoms with van der Waals surface area (Å²) in [5.74, 6) is 0.860. The minimum atomic E-state index is -0.142. The van der Waals surface area contributed by atoms with Gasteiger partial charge in [0.2, 0.25) is 5.91 Å². The van der Waals surface area contributed by atoms with Crippen molar-refractivity contribution in [3.63, 3.8) is 0 Å². The number of hydrogen-bond acceptors (Lipinski definition) is 4. The molecule has 1 N–H and O–H groups in total. The molecule has 2 aromatic rings. The molecule has 3 heterocycles. The van der Waals surface area contributed by atoms with Gasteiger partial charge in [0, 0.05) is 43.0 Å². The van der Waals surface area contributed by atoms with Gasteiger partial charge in [-0.2, -0.15) is 0 Å². The van der Waals surface area contributed by atoms with E-state index < -0.39 is 0 Å². The van der Waals surface area contributed by atoms with Crippen molar-refractivity contribution in [2.24, 2.45) is 11.8 Å². The van der Waals surface area contributed by atoms with Crippen LogP contribution < -0.4 is 5.32 Å². The van der Waals surface area contributed by atoms with E-state index >= 15 is 0 Å². The molecule has 0 radical (unpaired) electrons. The van der Waals surface area contributed by atoms with Crippen molar-refractivity contribution in [3.8, 4) is 0 Å². The summed E-state index contributed by atoms with van der Waals surface area (Å²) in [5, 5.41) is 4.02. The summed E-state index contributed by atoms with van der Waals surface area (Å²) in [6.07, 6.45) is 8.24. The van der Waals surface area contributed by atoms with Crippen molar-refractivity contribution in [2.45, 2.75) is 39.2 Å². The van der Waals surface area contributed by atoms with Gasteiger partial charge in [0.05, 0.1) is 9.99 Å². The molecule has 7 heteroatoms. The fourth-order valence-electron chi connectivity index (χ4n) is 4.18. The lowest BCUT2D eigenvalue weighted by Crippen LogP contribution is -2.41. The number of amides is 2. The molecule has 2 aliphatic rings. The Morgan fingerprint density at radius 2 is 2.10 bits per heavy atom. The number of allylic oxidation sites excluding steroid dienone is 1. The summed E-state index contributed by atoms with van der Waals surface area (Å²) in [5.41, 5.74) is 2.18. The second-order valence-electron chi connectivity index (χ2n) is 8.28. The molecular weight excluding hydrogens is 432 g/mol. The maximum atomic E-state index is 12.7. The van der Waals surface area contributed by atoms with E-state index in [0.29, 0.717) is 17.5 Å². The van der Waals surface area contributed by atoms with Crippen molar-refractivity contribution >= 4 is 38.6 Å². The fourth-order valence-corrected chi connectivity index (χ4v) is 4.61. The van der Waals surface area contributed by atoms with E-state index in [0.717, 1.165) is 53.3 Å². The Balaban J connectivity index is 1.37. The average molecular weight is 457 g/mol. The molecular formula is C22H25BrN4O2. The molecule has 0 aromatic carbocycles. The Hall–Kier alpha value is -2.28. The number of hydrogen-bond donors (Lipinski definition) is 1. The maximum Gasteiger partial charge on any atom is 0.270 e. The average Bonchev–Trinajstić information content (AvgIpc) is 3.47. The highest BCUT2D eigenvalue weighted by molar-refractivity contribution is 9.10. The lowest BCUT2D eigenvalue weighted by atomic mass is 9.93. The van der Waals surface area contributed by atoms with Gasteiger partial charge in [0.25, 0.3) is 5.91 Å². The molecule has 2 amide bonds. The molecule has 0 spiro atoms. The first-order valence-corrected chi connectivity index (χ1v) is 10.9. The number of rotatable bonds is 4. The van der Waals surface area contributed by atoms with E-state index in [-0.39, 0.29) is 17.9 Å². The Morgan fingerprint density at radius 3 is 2.90 bits per heavy atom. The first-order valence-electron chi connectivity index (χ1n) is 10.1. The van der Waals surface area contributed by atoms with Crippen molar-refractivity contribution in [1.82, 2.24) is 20.2 Å². The predicted molar refractivity (Wildman–Crippen MR) is 115 cm³/mol. The second-order valence-corrected chi connectivity index (χ2v) is 9.13. The van der Waals surface area contributed by atoms with Crippen molar-refractivity contribution in [3.05, 3.63) is 46.3 Å². The summed E-state index contributed by atoms with van der Waals surface area (Å²) < 4.78 is 0.775. The number of aromatic nitrogens is 2. The van der Waals surface area contributed by atoms with Gasteiger partial charge < -0.3 is 10.2 Å². The van der Waals surface area contributed by atoms with Gasteiger partial charge >= 0.3 is 0 Å².